The average molecular weight is 218 g/mol. The number of Topliss-reactive ketones (excluding diaryl/α,β-unsaturated/α-hetero) is 1. The van der Waals surface area contributed by atoms with Gasteiger partial charge in [0, 0.05) is 12.3 Å². The Hall–Kier alpha value is -1.11. The van der Waals surface area contributed by atoms with E-state index in [0.717, 1.165) is 6.42 Å². The summed E-state index contributed by atoms with van der Waals surface area (Å²) in [6.07, 6.45) is 1.49. The zero-order chi connectivity index (χ0) is 12.2. The average Bonchev–Trinajstić information content (AvgIpc) is 2.25. The second kappa shape index (κ2) is 5.29. The first-order chi connectivity index (χ1) is 7.45. The molecule has 0 N–H and O–H groups in total. The van der Waals surface area contributed by atoms with Crippen LogP contribution in [0.4, 0.5) is 0 Å². The summed E-state index contributed by atoms with van der Waals surface area (Å²) in [6, 6.07) is 10.3. The largest absolute Gasteiger partial charge is 0.299 e. The minimum Gasteiger partial charge on any atom is -0.299 e. The van der Waals surface area contributed by atoms with Crippen molar-refractivity contribution < 1.29 is 4.79 Å². The highest BCUT2D eigenvalue weighted by Crippen LogP contribution is 2.30. The van der Waals surface area contributed by atoms with Gasteiger partial charge < -0.3 is 0 Å². The van der Waals surface area contributed by atoms with Crippen molar-refractivity contribution in [2.75, 3.05) is 0 Å². The van der Waals surface area contributed by atoms with Crippen LogP contribution < -0.4 is 0 Å². The Balaban J connectivity index is 2.84. The molecular weight excluding hydrogens is 196 g/mol. The van der Waals surface area contributed by atoms with Crippen LogP contribution in [-0.4, -0.2) is 5.78 Å². The van der Waals surface area contributed by atoms with Crippen LogP contribution in [0.25, 0.3) is 0 Å². The summed E-state index contributed by atoms with van der Waals surface area (Å²) in [5, 5.41) is 0. The van der Waals surface area contributed by atoms with Gasteiger partial charge >= 0.3 is 0 Å². The Morgan fingerprint density at radius 2 is 1.75 bits per heavy atom. The molecule has 0 spiro atoms. The maximum atomic E-state index is 12.0. The zero-order valence-corrected chi connectivity index (χ0v) is 10.8. The van der Waals surface area contributed by atoms with Crippen molar-refractivity contribution in [3.05, 3.63) is 35.9 Å². The van der Waals surface area contributed by atoms with Gasteiger partial charge in [-0.2, -0.15) is 0 Å². The van der Waals surface area contributed by atoms with E-state index < -0.39 is 0 Å². The molecule has 1 aromatic rings. The quantitative estimate of drug-likeness (QED) is 0.749. The van der Waals surface area contributed by atoms with Gasteiger partial charge in [-0.25, -0.2) is 0 Å². The third-order valence-corrected chi connectivity index (χ3v) is 3.07. The van der Waals surface area contributed by atoms with E-state index in [2.05, 4.69) is 32.9 Å². The molecule has 0 aliphatic carbocycles. The Morgan fingerprint density at radius 3 is 2.19 bits per heavy atom. The molecule has 88 valence electrons. The highest BCUT2D eigenvalue weighted by atomic mass is 16.1. The van der Waals surface area contributed by atoms with Gasteiger partial charge in [0.2, 0.25) is 0 Å². The van der Waals surface area contributed by atoms with Crippen molar-refractivity contribution in [3.8, 4) is 0 Å². The molecular formula is C15H22O. The Labute approximate surface area is 98.9 Å². The summed E-state index contributed by atoms with van der Waals surface area (Å²) in [6.45, 7) is 8.39. The molecule has 16 heavy (non-hydrogen) atoms. The minimum atomic E-state index is 0.0446. The lowest BCUT2D eigenvalue weighted by Gasteiger charge is -2.29. The topological polar surface area (TPSA) is 17.1 Å². The SMILES string of the molecule is CCC(=O)[C@H](Cc1ccccc1)C(C)(C)C. The highest BCUT2D eigenvalue weighted by Gasteiger charge is 2.29. The third-order valence-electron chi connectivity index (χ3n) is 3.07. The first-order valence-electron chi connectivity index (χ1n) is 6.01. The number of ketones is 1. The van der Waals surface area contributed by atoms with E-state index in [1.54, 1.807) is 0 Å². The monoisotopic (exact) mass is 218 g/mol. The van der Waals surface area contributed by atoms with Crippen molar-refractivity contribution in [2.24, 2.45) is 11.3 Å². The zero-order valence-electron chi connectivity index (χ0n) is 10.8. The van der Waals surface area contributed by atoms with E-state index >= 15 is 0 Å². The van der Waals surface area contributed by atoms with E-state index in [1.807, 2.05) is 25.1 Å². The summed E-state index contributed by atoms with van der Waals surface area (Å²) >= 11 is 0. The molecule has 0 aromatic heterocycles. The van der Waals surface area contributed by atoms with Gasteiger partial charge in [-0.1, -0.05) is 58.0 Å². The van der Waals surface area contributed by atoms with Crippen LogP contribution in [-0.2, 0) is 11.2 Å². The first-order valence-corrected chi connectivity index (χ1v) is 6.01. The number of rotatable bonds is 4. The summed E-state index contributed by atoms with van der Waals surface area (Å²) < 4.78 is 0. The van der Waals surface area contributed by atoms with Crippen molar-refractivity contribution in [3.63, 3.8) is 0 Å². The number of hydrogen-bond acceptors (Lipinski definition) is 1. The smallest absolute Gasteiger partial charge is 0.136 e. The van der Waals surface area contributed by atoms with E-state index in [4.69, 9.17) is 0 Å². The van der Waals surface area contributed by atoms with Crippen molar-refractivity contribution in [1.82, 2.24) is 0 Å². The predicted molar refractivity (Wildman–Crippen MR) is 68.4 cm³/mol. The predicted octanol–water partition coefficient (Wildman–Crippen LogP) is 3.87. The molecule has 0 radical (unpaired) electrons. The molecule has 1 rings (SSSR count). The number of hydrogen-bond donors (Lipinski definition) is 0. The molecule has 0 saturated carbocycles. The number of carbonyl (C=O) groups excluding carboxylic acids is 1. The van der Waals surface area contributed by atoms with Crippen LogP contribution in [0.15, 0.2) is 30.3 Å². The summed E-state index contributed by atoms with van der Waals surface area (Å²) in [5.74, 6) is 0.497. The van der Waals surface area contributed by atoms with Crippen molar-refractivity contribution in [2.45, 2.75) is 40.5 Å². The van der Waals surface area contributed by atoms with Gasteiger partial charge in [-0.3, -0.25) is 4.79 Å². The standard InChI is InChI=1S/C15H22O/c1-5-14(16)13(15(2,3)4)11-12-9-7-6-8-10-12/h6-10,13H,5,11H2,1-4H3/t13-/m0/s1. The van der Waals surface area contributed by atoms with Crippen LogP contribution in [0.3, 0.4) is 0 Å². The van der Waals surface area contributed by atoms with Crippen LogP contribution in [0, 0.1) is 11.3 Å². The number of benzene rings is 1. The van der Waals surface area contributed by atoms with Crippen LogP contribution in [0.5, 0.6) is 0 Å². The molecule has 1 heteroatoms. The fourth-order valence-corrected chi connectivity index (χ4v) is 2.00. The fraction of sp³-hybridized carbons (Fsp3) is 0.533. The Morgan fingerprint density at radius 1 is 1.19 bits per heavy atom. The molecule has 0 heterocycles. The van der Waals surface area contributed by atoms with Gasteiger partial charge in [0.25, 0.3) is 0 Å². The Kier molecular flexibility index (Phi) is 4.28. The highest BCUT2D eigenvalue weighted by molar-refractivity contribution is 5.81. The van der Waals surface area contributed by atoms with Gasteiger partial charge in [-0.15, -0.1) is 0 Å². The molecule has 0 fully saturated rings. The van der Waals surface area contributed by atoms with Gasteiger partial charge in [0.15, 0.2) is 0 Å². The molecule has 0 aliphatic heterocycles. The second-order valence-electron chi connectivity index (χ2n) is 5.43. The maximum absolute atomic E-state index is 12.0. The fourth-order valence-electron chi connectivity index (χ4n) is 2.00. The lowest BCUT2D eigenvalue weighted by atomic mass is 9.74. The molecule has 0 saturated heterocycles. The van der Waals surface area contributed by atoms with Crippen LogP contribution in [0.1, 0.15) is 39.7 Å². The maximum Gasteiger partial charge on any atom is 0.136 e. The minimum absolute atomic E-state index is 0.0446. The van der Waals surface area contributed by atoms with Gasteiger partial charge in [-0.05, 0) is 17.4 Å². The molecule has 1 aromatic carbocycles. The Bertz CT molecular complexity index is 332. The van der Waals surface area contributed by atoms with Crippen LogP contribution in [0.2, 0.25) is 0 Å². The summed E-state index contributed by atoms with van der Waals surface area (Å²) in [7, 11) is 0. The summed E-state index contributed by atoms with van der Waals surface area (Å²) in [4.78, 5) is 12.0. The normalized spacial score (nSPS) is 13.5. The van der Waals surface area contributed by atoms with Crippen LogP contribution >= 0.6 is 0 Å². The van der Waals surface area contributed by atoms with E-state index in [9.17, 15) is 4.79 Å². The molecule has 1 atom stereocenters. The lowest BCUT2D eigenvalue weighted by Crippen LogP contribution is -2.30. The summed E-state index contributed by atoms with van der Waals surface area (Å²) in [5.41, 5.74) is 1.30. The molecule has 0 unspecified atom stereocenters. The molecule has 1 nitrogen and oxygen atoms in total. The molecule has 0 bridgehead atoms. The second-order valence-corrected chi connectivity index (χ2v) is 5.43. The van der Waals surface area contributed by atoms with E-state index in [0.29, 0.717) is 12.2 Å². The van der Waals surface area contributed by atoms with Gasteiger partial charge in [0.05, 0.1) is 0 Å². The van der Waals surface area contributed by atoms with Gasteiger partial charge in [0.1, 0.15) is 5.78 Å². The molecule has 0 amide bonds. The number of carbonyl (C=O) groups is 1. The van der Waals surface area contributed by atoms with Crippen molar-refractivity contribution >= 4 is 5.78 Å². The van der Waals surface area contributed by atoms with E-state index in [1.165, 1.54) is 5.56 Å². The lowest BCUT2D eigenvalue weighted by molar-refractivity contribution is -0.125. The molecule has 0 aliphatic rings. The van der Waals surface area contributed by atoms with E-state index in [-0.39, 0.29) is 11.3 Å². The third kappa shape index (κ3) is 3.48. The first kappa shape index (κ1) is 13.0. The van der Waals surface area contributed by atoms with Crippen molar-refractivity contribution in [1.29, 1.82) is 0 Å².